The molecule has 1 saturated carbocycles. The number of thiocarbonyl (C=S) groups is 1. The van der Waals surface area contributed by atoms with E-state index < -0.39 is 0 Å². The van der Waals surface area contributed by atoms with Gasteiger partial charge in [-0.2, -0.15) is 0 Å². The topological polar surface area (TPSA) is 27.3 Å². The van der Waals surface area contributed by atoms with Crippen molar-refractivity contribution in [3.63, 3.8) is 0 Å². The van der Waals surface area contributed by atoms with Crippen LogP contribution in [0.25, 0.3) is 0 Å². The predicted molar refractivity (Wildman–Crippen MR) is 76.2 cm³/mol. The van der Waals surface area contributed by atoms with Gasteiger partial charge in [0.1, 0.15) is 0 Å². The third-order valence-electron chi connectivity index (χ3n) is 3.89. The van der Waals surface area contributed by atoms with E-state index in [2.05, 4.69) is 29.4 Å². The highest BCUT2D eigenvalue weighted by Crippen LogP contribution is 2.19. The van der Waals surface area contributed by atoms with E-state index in [0.29, 0.717) is 12.1 Å². The fourth-order valence-corrected chi connectivity index (χ4v) is 2.85. The minimum atomic E-state index is 0.573. The van der Waals surface area contributed by atoms with E-state index in [-0.39, 0.29) is 0 Å². The molecule has 1 heterocycles. The van der Waals surface area contributed by atoms with Crippen LogP contribution in [0.4, 0.5) is 0 Å². The summed E-state index contributed by atoms with van der Waals surface area (Å²) < 4.78 is 0. The molecular formula is C13H25N3S. The van der Waals surface area contributed by atoms with Gasteiger partial charge in [-0.05, 0) is 58.3 Å². The normalized spacial score (nSPS) is 27.5. The minimum Gasteiger partial charge on any atom is -0.361 e. The van der Waals surface area contributed by atoms with E-state index in [1.165, 1.54) is 38.6 Å². The molecule has 0 unspecified atom stereocenters. The lowest BCUT2D eigenvalue weighted by molar-refractivity contribution is 0.116. The molecule has 2 fully saturated rings. The fourth-order valence-electron chi connectivity index (χ4n) is 2.60. The molecule has 0 bridgehead atoms. The highest BCUT2D eigenvalue weighted by Gasteiger charge is 2.24. The lowest BCUT2D eigenvalue weighted by Gasteiger charge is -2.38. The SMILES string of the molecule is C[C@H]1CCCCN1[C@@H](C)CNC(=S)NC1CC1. The molecule has 2 rings (SSSR count). The average molecular weight is 255 g/mol. The monoisotopic (exact) mass is 255 g/mol. The van der Waals surface area contributed by atoms with Crippen LogP contribution in [-0.2, 0) is 0 Å². The molecule has 2 atom stereocenters. The van der Waals surface area contributed by atoms with Gasteiger partial charge < -0.3 is 10.6 Å². The summed E-state index contributed by atoms with van der Waals surface area (Å²) in [7, 11) is 0. The standard InChI is InChI=1S/C13H25N3S/c1-10-5-3-4-8-16(10)11(2)9-14-13(17)15-12-6-7-12/h10-12H,3-9H2,1-2H3,(H2,14,15,17)/t10-,11-/m0/s1. The maximum Gasteiger partial charge on any atom is 0.166 e. The lowest BCUT2D eigenvalue weighted by atomic mass is 10.0. The molecule has 1 aliphatic heterocycles. The first kappa shape index (κ1) is 13.1. The molecule has 0 aromatic heterocycles. The first-order valence-corrected chi connectivity index (χ1v) is 7.37. The molecule has 17 heavy (non-hydrogen) atoms. The van der Waals surface area contributed by atoms with Crippen LogP contribution in [0.5, 0.6) is 0 Å². The summed E-state index contributed by atoms with van der Waals surface area (Å²) in [6.07, 6.45) is 6.63. The molecule has 98 valence electrons. The van der Waals surface area contributed by atoms with Crippen LogP contribution < -0.4 is 10.6 Å². The van der Waals surface area contributed by atoms with Crippen molar-refractivity contribution in [3.8, 4) is 0 Å². The molecule has 0 aromatic carbocycles. The Balaban J connectivity index is 1.67. The van der Waals surface area contributed by atoms with Gasteiger partial charge in [0.15, 0.2) is 5.11 Å². The van der Waals surface area contributed by atoms with Crippen molar-refractivity contribution >= 4 is 17.3 Å². The average Bonchev–Trinajstić information content (AvgIpc) is 3.10. The number of nitrogens with zero attached hydrogens (tertiary/aromatic N) is 1. The molecular weight excluding hydrogens is 230 g/mol. The third-order valence-corrected chi connectivity index (χ3v) is 4.15. The van der Waals surface area contributed by atoms with Crippen LogP contribution in [0, 0.1) is 0 Å². The van der Waals surface area contributed by atoms with Crippen LogP contribution >= 0.6 is 12.2 Å². The molecule has 0 aromatic rings. The molecule has 1 aliphatic carbocycles. The van der Waals surface area contributed by atoms with Gasteiger partial charge in [0.05, 0.1) is 0 Å². The van der Waals surface area contributed by atoms with Gasteiger partial charge in [0.25, 0.3) is 0 Å². The zero-order valence-electron chi connectivity index (χ0n) is 11.0. The smallest absolute Gasteiger partial charge is 0.166 e. The van der Waals surface area contributed by atoms with Crippen LogP contribution in [0.1, 0.15) is 46.0 Å². The molecule has 4 heteroatoms. The Morgan fingerprint density at radius 3 is 2.76 bits per heavy atom. The van der Waals surface area contributed by atoms with Crippen LogP contribution in [0.2, 0.25) is 0 Å². The molecule has 1 saturated heterocycles. The first-order chi connectivity index (χ1) is 8.16. The number of hydrogen-bond donors (Lipinski definition) is 2. The van der Waals surface area contributed by atoms with Crippen molar-refractivity contribution in [3.05, 3.63) is 0 Å². The minimum absolute atomic E-state index is 0.573. The second kappa shape index (κ2) is 6.01. The molecule has 0 amide bonds. The maximum atomic E-state index is 5.28. The first-order valence-electron chi connectivity index (χ1n) is 6.97. The number of rotatable bonds is 4. The van der Waals surface area contributed by atoms with Gasteiger partial charge >= 0.3 is 0 Å². The quantitative estimate of drug-likeness (QED) is 0.750. The van der Waals surface area contributed by atoms with E-state index in [1.807, 2.05) is 0 Å². The van der Waals surface area contributed by atoms with Gasteiger partial charge in [0, 0.05) is 24.7 Å². The zero-order valence-corrected chi connectivity index (χ0v) is 11.9. The van der Waals surface area contributed by atoms with Crippen LogP contribution in [-0.4, -0.2) is 41.2 Å². The summed E-state index contributed by atoms with van der Waals surface area (Å²) in [5, 5.41) is 7.51. The van der Waals surface area contributed by atoms with E-state index in [9.17, 15) is 0 Å². The van der Waals surface area contributed by atoms with Crippen molar-refractivity contribution in [1.29, 1.82) is 0 Å². The van der Waals surface area contributed by atoms with Gasteiger partial charge in [-0.25, -0.2) is 0 Å². The Morgan fingerprint density at radius 2 is 2.12 bits per heavy atom. The Kier molecular flexibility index (Phi) is 4.62. The van der Waals surface area contributed by atoms with E-state index in [0.717, 1.165) is 17.7 Å². The number of nitrogens with one attached hydrogen (secondary N) is 2. The Labute approximate surface area is 110 Å². The largest absolute Gasteiger partial charge is 0.361 e. The van der Waals surface area contributed by atoms with Crippen molar-refractivity contribution in [2.45, 2.75) is 64.1 Å². The summed E-state index contributed by atoms with van der Waals surface area (Å²) in [4.78, 5) is 2.61. The van der Waals surface area contributed by atoms with Crippen molar-refractivity contribution < 1.29 is 0 Å². The summed E-state index contributed by atoms with van der Waals surface area (Å²) in [6, 6.07) is 1.95. The van der Waals surface area contributed by atoms with E-state index in [1.54, 1.807) is 0 Å². The highest BCUT2D eigenvalue weighted by molar-refractivity contribution is 7.80. The summed E-state index contributed by atoms with van der Waals surface area (Å²) >= 11 is 5.28. The van der Waals surface area contributed by atoms with Crippen LogP contribution in [0.3, 0.4) is 0 Å². The summed E-state index contributed by atoms with van der Waals surface area (Å²) in [5.41, 5.74) is 0. The zero-order chi connectivity index (χ0) is 12.3. The number of likely N-dealkylation sites (tertiary alicyclic amines) is 1. The van der Waals surface area contributed by atoms with E-state index in [4.69, 9.17) is 12.2 Å². The molecule has 0 radical (unpaired) electrons. The fraction of sp³-hybridized carbons (Fsp3) is 0.923. The van der Waals surface area contributed by atoms with Gasteiger partial charge in [0.2, 0.25) is 0 Å². The highest BCUT2D eigenvalue weighted by atomic mass is 32.1. The van der Waals surface area contributed by atoms with Crippen molar-refractivity contribution in [2.24, 2.45) is 0 Å². The third kappa shape index (κ3) is 4.11. The van der Waals surface area contributed by atoms with E-state index >= 15 is 0 Å². The second-order valence-electron chi connectivity index (χ2n) is 5.56. The molecule has 2 N–H and O–H groups in total. The predicted octanol–water partition coefficient (Wildman–Crippen LogP) is 1.88. The van der Waals surface area contributed by atoms with Crippen molar-refractivity contribution in [2.75, 3.05) is 13.1 Å². The van der Waals surface area contributed by atoms with Gasteiger partial charge in [-0.1, -0.05) is 6.42 Å². The summed E-state index contributed by atoms with van der Waals surface area (Å²) in [5.74, 6) is 0. The van der Waals surface area contributed by atoms with Gasteiger partial charge in [-0.3, -0.25) is 4.90 Å². The Hall–Kier alpha value is -0.350. The number of piperidine rings is 1. The van der Waals surface area contributed by atoms with Crippen molar-refractivity contribution in [1.82, 2.24) is 15.5 Å². The molecule has 2 aliphatic rings. The van der Waals surface area contributed by atoms with Gasteiger partial charge in [-0.15, -0.1) is 0 Å². The Bertz CT molecular complexity index is 265. The number of hydrogen-bond acceptors (Lipinski definition) is 2. The lowest BCUT2D eigenvalue weighted by Crippen LogP contribution is -2.50. The Morgan fingerprint density at radius 1 is 1.35 bits per heavy atom. The molecule has 3 nitrogen and oxygen atoms in total. The van der Waals surface area contributed by atoms with Crippen LogP contribution in [0.15, 0.2) is 0 Å². The second-order valence-corrected chi connectivity index (χ2v) is 5.97. The maximum absolute atomic E-state index is 5.28. The molecule has 0 spiro atoms. The summed E-state index contributed by atoms with van der Waals surface area (Å²) in [6.45, 7) is 6.85.